The van der Waals surface area contributed by atoms with E-state index in [1.807, 2.05) is 0 Å². The lowest BCUT2D eigenvalue weighted by atomic mass is 9.75. The molecule has 100 valence electrons. The van der Waals surface area contributed by atoms with Crippen molar-refractivity contribution in [2.75, 3.05) is 0 Å². The molecule has 2 rings (SSSR count). The van der Waals surface area contributed by atoms with Gasteiger partial charge < -0.3 is 0 Å². The lowest BCUT2D eigenvalue weighted by Gasteiger charge is -2.36. The first-order chi connectivity index (χ1) is 8.41. The van der Waals surface area contributed by atoms with Crippen LogP contribution in [0.5, 0.6) is 0 Å². The van der Waals surface area contributed by atoms with Gasteiger partial charge in [0.2, 0.25) is 0 Å². The zero-order chi connectivity index (χ0) is 13.4. The first kappa shape index (κ1) is 13.5. The molecule has 0 aromatic rings. The van der Waals surface area contributed by atoms with Crippen molar-refractivity contribution in [1.82, 2.24) is 0 Å². The minimum absolute atomic E-state index is 0.380. The molecule has 0 aromatic heterocycles. The summed E-state index contributed by atoms with van der Waals surface area (Å²) in [5.41, 5.74) is 2.35. The van der Waals surface area contributed by atoms with Gasteiger partial charge >= 0.3 is 0 Å². The summed E-state index contributed by atoms with van der Waals surface area (Å²) in [6, 6.07) is 0.793. The minimum Gasteiger partial charge on any atom is -0.284 e. The van der Waals surface area contributed by atoms with E-state index in [0.29, 0.717) is 35.8 Å². The van der Waals surface area contributed by atoms with Crippen LogP contribution in [0.2, 0.25) is 0 Å². The third kappa shape index (κ3) is 2.30. The SMILES string of the molecule is C[C@@H]1[C@H](C)[C@H](C)C(C2=N[C@@H](C)[C@@H](C)C=C2)=N[C@@H]1C. The van der Waals surface area contributed by atoms with Gasteiger partial charge in [-0.25, -0.2) is 0 Å². The zero-order valence-corrected chi connectivity index (χ0v) is 12.5. The Morgan fingerprint density at radius 3 is 2.11 bits per heavy atom. The molecule has 2 aliphatic heterocycles. The molecular weight excluding hydrogens is 220 g/mol. The van der Waals surface area contributed by atoms with Crippen molar-refractivity contribution in [3.63, 3.8) is 0 Å². The summed E-state index contributed by atoms with van der Waals surface area (Å²) in [5, 5.41) is 0. The summed E-state index contributed by atoms with van der Waals surface area (Å²) in [5.74, 6) is 2.40. The topological polar surface area (TPSA) is 24.7 Å². The molecule has 0 spiro atoms. The average molecular weight is 246 g/mol. The third-order valence-electron chi connectivity index (χ3n) is 5.08. The maximum absolute atomic E-state index is 4.91. The number of hydrogen-bond donors (Lipinski definition) is 0. The number of aliphatic imine (C=N–C) groups is 2. The second-order valence-corrected chi connectivity index (χ2v) is 6.24. The Labute approximate surface area is 111 Å². The van der Waals surface area contributed by atoms with Gasteiger partial charge in [0.15, 0.2) is 0 Å². The van der Waals surface area contributed by atoms with Crippen LogP contribution in [0.1, 0.15) is 41.5 Å². The van der Waals surface area contributed by atoms with E-state index in [1.54, 1.807) is 0 Å². The molecule has 0 bridgehead atoms. The molecule has 0 saturated carbocycles. The van der Waals surface area contributed by atoms with E-state index >= 15 is 0 Å². The molecule has 0 radical (unpaired) electrons. The lowest BCUT2D eigenvalue weighted by Crippen LogP contribution is -2.39. The molecule has 0 N–H and O–H groups in total. The highest BCUT2D eigenvalue weighted by Crippen LogP contribution is 2.32. The summed E-state index contributed by atoms with van der Waals surface area (Å²) in [6.07, 6.45) is 4.45. The van der Waals surface area contributed by atoms with Crippen molar-refractivity contribution in [2.45, 2.75) is 53.6 Å². The quantitative estimate of drug-likeness (QED) is 0.673. The minimum atomic E-state index is 0.380. The highest BCUT2D eigenvalue weighted by molar-refractivity contribution is 6.47. The monoisotopic (exact) mass is 246 g/mol. The Morgan fingerprint density at radius 2 is 1.50 bits per heavy atom. The zero-order valence-electron chi connectivity index (χ0n) is 12.5. The summed E-state index contributed by atoms with van der Waals surface area (Å²) in [7, 11) is 0. The Bertz CT molecular complexity index is 405. The van der Waals surface area contributed by atoms with Gasteiger partial charge in [0, 0.05) is 5.92 Å². The van der Waals surface area contributed by atoms with Crippen LogP contribution in [-0.2, 0) is 0 Å². The van der Waals surface area contributed by atoms with Crippen LogP contribution >= 0.6 is 0 Å². The van der Waals surface area contributed by atoms with E-state index in [0.717, 1.165) is 5.71 Å². The van der Waals surface area contributed by atoms with Crippen LogP contribution in [0.3, 0.4) is 0 Å². The number of rotatable bonds is 1. The molecule has 0 aliphatic carbocycles. The Hall–Kier alpha value is -0.920. The highest BCUT2D eigenvalue weighted by Gasteiger charge is 2.33. The van der Waals surface area contributed by atoms with Crippen LogP contribution in [0.4, 0.5) is 0 Å². The third-order valence-corrected chi connectivity index (χ3v) is 5.08. The van der Waals surface area contributed by atoms with Crippen LogP contribution in [-0.4, -0.2) is 23.5 Å². The van der Waals surface area contributed by atoms with E-state index in [4.69, 9.17) is 9.98 Å². The number of hydrogen-bond acceptors (Lipinski definition) is 2. The van der Waals surface area contributed by atoms with E-state index in [9.17, 15) is 0 Å². The molecule has 0 amide bonds. The van der Waals surface area contributed by atoms with Crippen LogP contribution in [0, 0.1) is 23.7 Å². The fourth-order valence-electron chi connectivity index (χ4n) is 2.83. The molecule has 18 heavy (non-hydrogen) atoms. The molecule has 6 atom stereocenters. The number of allylic oxidation sites excluding steroid dienone is 1. The first-order valence-corrected chi connectivity index (χ1v) is 7.26. The maximum atomic E-state index is 4.91. The van der Waals surface area contributed by atoms with Gasteiger partial charge in [-0.3, -0.25) is 9.98 Å². The lowest BCUT2D eigenvalue weighted by molar-refractivity contribution is 0.278. The van der Waals surface area contributed by atoms with E-state index in [1.165, 1.54) is 5.71 Å². The summed E-state index contributed by atoms with van der Waals surface area (Å²) in [4.78, 5) is 9.74. The molecule has 0 unspecified atom stereocenters. The van der Waals surface area contributed by atoms with Gasteiger partial charge in [0.1, 0.15) is 0 Å². The molecule has 0 aromatic carbocycles. The van der Waals surface area contributed by atoms with E-state index in [2.05, 4.69) is 53.7 Å². The van der Waals surface area contributed by atoms with Crippen LogP contribution < -0.4 is 0 Å². The summed E-state index contributed by atoms with van der Waals surface area (Å²) >= 11 is 0. The molecule has 2 heterocycles. The van der Waals surface area contributed by atoms with Gasteiger partial charge in [-0.1, -0.05) is 33.8 Å². The van der Waals surface area contributed by atoms with Crippen molar-refractivity contribution in [2.24, 2.45) is 33.7 Å². The predicted molar refractivity (Wildman–Crippen MR) is 79.6 cm³/mol. The number of dihydropyridines is 1. The fraction of sp³-hybridized carbons (Fsp3) is 0.750. The average Bonchev–Trinajstić information content (AvgIpc) is 2.35. The molecule has 0 fully saturated rings. The normalized spacial score (nSPS) is 44.6. The van der Waals surface area contributed by atoms with Crippen LogP contribution in [0.15, 0.2) is 22.1 Å². The first-order valence-electron chi connectivity index (χ1n) is 7.26. The maximum Gasteiger partial charge on any atom is 0.0788 e. The Balaban J connectivity index is 2.31. The van der Waals surface area contributed by atoms with Gasteiger partial charge in [0.25, 0.3) is 0 Å². The molecule has 2 nitrogen and oxygen atoms in total. The molecule has 2 heteroatoms. The highest BCUT2D eigenvalue weighted by atomic mass is 14.9. The van der Waals surface area contributed by atoms with Gasteiger partial charge in [-0.15, -0.1) is 0 Å². The van der Waals surface area contributed by atoms with Gasteiger partial charge in [-0.2, -0.15) is 0 Å². The molecule has 0 saturated heterocycles. The molecular formula is C16H26N2. The van der Waals surface area contributed by atoms with Crippen molar-refractivity contribution in [1.29, 1.82) is 0 Å². The second kappa shape index (κ2) is 4.99. The van der Waals surface area contributed by atoms with Gasteiger partial charge in [0.05, 0.1) is 23.5 Å². The van der Waals surface area contributed by atoms with E-state index in [-0.39, 0.29) is 0 Å². The Kier molecular flexibility index (Phi) is 3.74. The van der Waals surface area contributed by atoms with Crippen molar-refractivity contribution >= 4 is 11.4 Å². The van der Waals surface area contributed by atoms with E-state index < -0.39 is 0 Å². The van der Waals surface area contributed by atoms with Crippen molar-refractivity contribution in [3.8, 4) is 0 Å². The smallest absolute Gasteiger partial charge is 0.0788 e. The fourth-order valence-corrected chi connectivity index (χ4v) is 2.83. The Morgan fingerprint density at radius 1 is 0.833 bits per heavy atom. The van der Waals surface area contributed by atoms with Crippen molar-refractivity contribution < 1.29 is 0 Å². The predicted octanol–water partition coefficient (Wildman–Crippen LogP) is 3.77. The molecule has 2 aliphatic rings. The number of nitrogens with zero attached hydrogens (tertiary/aromatic N) is 2. The van der Waals surface area contributed by atoms with Crippen molar-refractivity contribution in [3.05, 3.63) is 12.2 Å². The van der Waals surface area contributed by atoms with Gasteiger partial charge in [-0.05, 0) is 37.7 Å². The summed E-state index contributed by atoms with van der Waals surface area (Å²) < 4.78 is 0. The largest absolute Gasteiger partial charge is 0.284 e. The van der Waals surface area contributed by atoms with Crippen LogP contribution in [0.25, 0.3) is 0 Å². The standard InChI is InChI=1S/C16H26N2/c1-9-7-8-15(17-13(9)5)16-12(4)10(2)11(3)14(6)18-16/h7-14H,1-6H3/t9-,10-,11+,12-,13-,14+/m0/s1. The summed E-state index contributed by atoms with van der Waals surface area (Å²) in [6.45, 7) is 13.6. The second-order valence-electron chi connectivity index (χ2n) is 6.24.